The Hall–Kier alpha value is -0.610. The summed E-state index contributed by atoms with van der Waals surface area (Å²) in [5, 5.41) is 3.41. The second kappa shape index (κ2) is 4.28. The summed E-state index contributed by atoms with van der Waals surface area (Å²) in [6.07, 6.45) is 7.31. The summed E-state index contributed by atoms with van der Waals surface area (Å²) in [5.74, 6) is 5.87. The number of carbonyl (C=O) groups is 1. The molecule has 2 fully saturated rings. The van der Waals surface area contributed by atoms with E-state index < -0.39 is 0 Å². The van der Waals surface area contributed by atoms with Crippen molar-refractivity contribution in [3.63, 3.8) is 0 Å². The van der Waals surface area contributed by atoms with E-state index in [2.05, 4.69) is 10.7 Å². The van der Waals surface area contributed by atoms with E-state index in [0.717, 1.165) is 12.3 Å². The molecule has 2 aliphatic rings. The topological polar surface area (TPSA) is 67.1 Å². The molecule has 0 radical (unpaired) electrons. The summed E-state index contributed by atoms with van der Waals surface area (Å²) in [6, 6.07) is 0.499. The summed E-state index contributed by atoms with van der Waals surface area (Å²) in [7, 11) is 0. The highest BCUT2D eigenvalue weighted by Crippen LogP contribution is 2.32. The lowest BCUT2D eigenvalue weighted by atomic mass is 9.77. The average Bonchev–Trinajstić information content (AvgIpc) is 2.27. The normalized spacial score (nSPS) is 37.4. The third-order valence-electron chi connectivity index (χ3n) is 3.61. The molecule has 4 heteroatoms. The molecule has 1 aliphatic heterocycles. The van der Waals surface area contributed by atoms with Gasteiger partial charge in [0.25, 0.3) is 5.91 Å². The zero-order chi connectivity index (χ0) is 9.97. The minimum absolute atomic E-state index is 0.0562. The Morgan fingerprint density at radius 2 is 2.00 bits per heavy atom. The van der Waals surface area contributed by atoms with E-state index in [9.17, 15) is 4.79 Å². The van der Waals surface area contributed by atoms with E-state index in [1.165, 1.54) is 32.1 Å². The summed E-state index contributed by atoms with van der Waals surface area (Å²) < 4.78 is 0. The summed E-state index contributed by atoms with van der Waals surface area (Å²) >= 11 is 0. The number of carbonyl (C=O) groups excluding carboxylic acids is 1. The lowest BCUT2D eigenvalue weighted by Gasteiger charge is -2.39. The van der Waals surface area contributed by atoms with Crippen molar-refractivity contribution in [3.05, 3.63) is 0 Å². The Bertz CT molecular complexity index is 219. The first-order valence-electron chi connectivity index (χ1n) is 5.58. The summed E-state index contributed by atoms with van der Waals surface area (Å²) in [6.45, 7) is 0. The van der Waals surface area contributed by atoms with Crippen LogP contribution in [-0.4, -0.2) is 18.0 Å². The van der Waals surface area contributed by atoms with Crippen LogP contribution in [0.3, 0.4) is 0 Å². The fraction of sp³-hybridized carbons (Fsp3) is 0.900. The number of hydrogen-bond acceptors (Lipinski definition) is 3. The van der Waals surface area contributed by atoms with Crippen molar-refractivity contribution in [1.29, 1.82) is 0 Å². The van der Waals surface area contributed by atoms with E-state index in [1.54, 1.807) is 0 Å². The second-order valence-corrected chi connectivity index (χ2v) is 4.46. The highest BCUT2D eigenvalue weighted by Gasteiger charge is 2.33. The van der Waals surface area contributed by atoms with Crippen molar-refractivity contribution < 1.29 is 4.79 Å². The van der Waals surface area contributed by atoms with Crippen molar-refractivity contribution in [2.75, 3.05) is 0 Å². The van der Waals surface area contributed by atoms with Gasteiger partial charge in [-0.05, 0) is 31.6 Å². The molecule has 2 rings (SSSR count). The average molecular weight is 197 g/mol. The fourth-order valence-electron chi connectivity index (χ4n) is 2.80. The Labute approximate surface area is 84.6 Å². The van der Waals surface area contributed by atoms with E-state index in [1.807, 2.05) is 0 Å². The maximum Gasteiger partial charge on any atom is 0.251 e. The maximum absolute atomic E-state index is 11.3. The largest absolute Gasteiger partial charge is 0.303 e. The van der Waals surface area contributed by atoms with Gasteiger partial charge < -0.3 is 5.32 Å². The quantitative estimate of drug-likeness (QED) is 0.321. The van der Waals surface area contributed by atoms with Gasteiger partial charge in [0.1, 0.15) is 0 Å². The first-order chi connectivity index (χ1) is 6.81. The van der Waals surface area contributed by atoms with E-state index >= 15 is 0 Å². The molecule has 80 valence electrons. The molecule has 1 amide bonds. The van der Waals surface area contributed by atoms with Crippen molar-refractivity contribution in [1.82, 2.24) is 10.7 Å². The molecule has 4 N–H and O–H groups in total. The van der Waals surface area contributed by atoms with E-state index in [4.69, 9.17) is 5.84 Å². The molecule has 0 aromatic heterocycles. The van der Waals surface area contributed by atoms with Gasteiger partial charge >= 0.3 is 0 Å². The molecule has 3 unspecified atom stereocenters. The van der Waals surface area contributed by atoms with Crippen LogP contribution >= 0.6 is 0 Å². The van der Waals surface area contributed by atoms with Crippen LogP contribution in [0.15, 0.2) is 0 Å². The van der Waals surface area contributed by atoms with Gasteiger partial charge in [-0.1, -0.05) is 12.8 Å². The molecule has 1 aliphatic carbocycles. The maximum atomic E-state index is 11.3. The van der Waals surface area contributed by atoms with Gasteiger partial charge in [0, 0.05) is 6.04 Å². The van der Waals surface area contributed by atoms with Crippen LogP contribution in [-0.2, 0) is 4.79 Å². The zero-order valence-corrected chi connectivity index (χ0v) is 8.46. The molecular formula is C10H19N3O. The molecule has 0 spiro atoms. The van der Waals surface area contributed by atoms with Gasteiger partial charge in [0.05, 0.1) is 6.04 Å². The van der Waals surface area contributed by atoms with Crippen molar-refractivity contribution in [3.8, 4) is 0 Å². The first-order valence-corrected chi connectivity index (χ1v) is 5.58. The van der Waals surface area contributed by atoms with Crippen LogP contribution in [0, 0.1) is 5.92 Å². The smallest absolute Gasteiger partial charge is 0.251 e. The molecule has 3 atom stereocenters. The number of hydrogen-bond donors (Lipinski definition) is 3. The number of amides is 1. The second-order valence-electron chi connectivity index (χ2n) is 4.46. The third-order valence-corrected chi connectivity index (χ3v) is 3.61. The van der Waals surface area contributed by atoms with Crippen LogP contribution in [0.1, 0.15) is 38.5 Å². The van der Waals surface area contributed by atoms with E-state index in [0.29, 0.717) is 6.04 Å². The Morgan fingerprint density at radius 1 is 1.21 bits per heavy atom. The Balaban J connectivity index is 1.92. The molecule has 4 nitrogen and oxygen atoms in total. The molecular weight excluding hydrogens is 178 g/mol. The fourth-order valence-corrected chi connectivity index (χ4v) is 2.80. The number of fused-ring (bicyclic) bond motifs is 1. The highest BCUT2D eigenvalue weighted by molar-refractivity contribution is 5.81. The lowest BCUT2D eigenvalue weighted by Crippen LogP contribution is -2.55. The number of nitrogens with one attached hydrogen (secondary N) is 2. The number of hydrazine groups is 1. The van der Waals surface area contributed by atoms with Crippen LogP contribution < -0.4 is 16.6 Å². The predicted octanol–water partition coefficient (Wildman–Crippen LogP) is 0.287. The van der Waals surface area contributed by atoms with Crippen molar-refractivity contribution in [2.24, 2.45) is 11.8 Å². The van der Waals surface area contributed by atoms with Crippen LogP contribution in [0.25, 0.3) is 0 Å². The van der Waals surface area contributed by atoms with Gasteiger partial charge in [0.15, 0.2) is 0 Å². The number of piperidine rings is 1. The zero-order valence-electron chi connectivity index (χ0n) is 8.46. The van der Waals surface area contributed by atoms with Crippen LogP contribution in [0.4, 0.5) is 0 Å². The Kier molecular flexibility index (Phi) is 3.03. The van der Waals surface area contributed by atoms with Crippen LogP contribution in [0.2, 0.25) is 0 Å². The Morgan fingerprint density at radius 3 is 2.79 bits per heavy atom. The lowest BCUT2D eigenvalue weighted by molar-refractivity contribution is -0.124. The van der Waals surface area contributed by atoms with Gasteiger partial charge in [-0.3, -0.25) is 10.2 Å². The van der Waals surface area contributed by atoms with Gasteiger partial charge in [-0.2, -0.15) is 0 Å². The summed E-state index contributed by atoms with van der Waals surface area (Å²) in [4.78, 5) is 11.3. The molecule has 0 bridgehead atoms. The SMILES string of the molecule is NNC(=O)C1CCC2CCCCC2N1. The third kappa shape index (κ3) is 1.91. The first kappa shape index (κ1) is 9.93. The van der Waals surface area contributed by atoms with Gasteiger partial charge in [-0.25, -0.2) is 5.84 Å². The minimum Gasteiger partial charge on any atom is -0.303 e. The minimum atomic E-state index is -0.0611. The van der Waals surface area contributed by atoms with Crippen molar-refractivity contribution in [2.45, 2.75) is 50.6 Å². The number of rotatable bonds is 1. The molecule has 0 aromatic carbocycles. The van der Waals surface area contributed by atoms with Gasteiger partial charge in [0.2, 0.25) is 0 Å². The van der Waals surface area contributed by atoms with Gasteiger partial charge in [-0.15, -0.1) is 0 Å². The summed E-state index contributed by atoms with van der Waals surface area (Å²) in [5.41, 5.74) is 2.23. The standard InChI is InChI=1S/C10H19N3O/c11-13-10(14)9-6-5-7-3-1-2-4-8(7)12-9/h7-9,12H,1-6,11H2,(H,13,14). The predicted molar refractivity (Wildman–Crippen MR) is 54.2 cm³/mol. The molecule has 0 aromatic rings. The van der Waals surface area contributed by atoms with Crippen molar-refractivity contribution >= 4 is 5.91 Å². The molecule has 1 saturated carbocycles. The van der Waals surface area contributed by atoms with Crippen LogP contribution in [0.5, 0.6) is 0 Å². The molecule has 14 heavy (non-hydrogen) atoms. The molecule has 1 saturated heterocycles. The van der Waals surface area contributed by atoms with E-state index in [-0.39, 0.29) is 11.9 Å². The molecule has 1 heterocycles. The monoisotopic (exact) mass is 197 g/mol. The highest BCUT2D eigenvalue weighted by atomic mass is 16.2. The number of nitrogens with two attached hydrogens (primary N) is 1.